The maximum atomic E-state index is 13.5. The molecule has 3 atom stereocenters. The first-order valence-corrected chi connectivity index (χ1v) is 7.62. The Kier molecular flexibility index (Phi) is 7.51. The number of nitrogens with one attached hydrogen (secondary N) is 1. The first-order valence-electron chi connectivity index (χ1n) is 7.62. The first kappa shape index (κ1) is 19.8. The summed E-state index contributed by atoms with van der Waals surface area (Å²) in [6, 6.07) is 4.61. The molecule has 1 aromatic carbocycles. The molecule has 0 saturated heterocycles. The lowest BCUT2D eigenvalue weighted by molar-refractivity contribution is -0.162. The van der Waals surface area contributed by atoms with E-state index in [1.165, 1.54) is 18.2 Å². The lowest BCUT2D eigenvalue weighted by Gasteiger charge is -2.25. The van der Waals surface area contributed by atoms with Gasteiger partial charge in [0.25, 0.3) is 0 Å². The van der Waals surface area contributed by atoms with Gasteiger partial charge in [0.05, 0.1) is 6.61 Å². The molecule has 1 N–H and O–H groups in total. The minimum absolute atomic E-state index is 0.108. The van der Waals surface area contributed by atoms with Crippen LogP contribution in [0.5, 0.6) is 0 Å². The van der Waals surface area contributed by atoms with Gasteiger partial charge in [-0.3, -0.25) is 14.4 Å². The zero-order valence-corrected chi connectivity index (χ0v) is 14.2. The Morgan fingerprint density at radius 2 is 1.96 bits per heavy atom. The number of esters is 2. The standard InChI is InChI=1S/C17H22FNO5/c1-5-23-17(22)14(10(2)19-4)15(21)16(24-11(3)20)12-7-6-8-13(18)9-12/h6-10,14,16,19H,5H2,1-4H3. The summed E-state index contributed by atoms with van der Waals surface area (Å²) < 4.78 is 23.5. The van der Waals surface area contributed by atoms with Gasteiger partial charge in [0.15, 0.2) is 11.9 Å². The van der Waals surface area contributed by atoms with Crippen molar-refractivity contribution in [1.82, 2.24) is 5.32 Å². The van der Waals surface area contributed by atoms with Crippen LogP contribution < -0.4 is 5.32 Å². The number of ether oxygens (including phenoxy) is 2. The largest absolute Gasteiger partial charge is 0.465 e. The summed E-state index contributed by atoms with van der Waals surface area (Å²) in [6.45, 7) is 4.51. The van der Waals surface area contributed by atoms with E-state index in [-0.39, 0.29) is 12.2 Å². The van der Waals surface area contributed by atoms with Gasteiger partial charge in [-0.1, -0.05) is 12.1 Å². The number of rotatable bonds is 8. The summed E-state index contributed by atoms with van der Waals surface area (Å²) in [5.74, 6) is -3.87. The van der Waals surface area contributed by atoms with Crippen LogP contribution in [0.25, 0.3) is 0 Å². The van der Waals surface area contributed by atoms with Gasteiger partial charge in [0, 0.05) is 18.5 Å². The van der Waals surface area contributed by atoms with Gasteiger partial charge in [-0.15, -0.1) is 0 Å². The van der Waals surface area contributed by atoms with Crippen LogP contribution in [-0.4, -0.2) is 37.4 Å². The second-order valence-corrected chi connectivity index (χ2v) is 5.25. The molecule has 0 aromatic heterocycles. The van der Waals surface area contributed by atoms with Crippen LogP contribution in [0.15, 0.2) is 24.3 Å². The third kappa shape index (κ3) is 5.13. The second kappa shape index (κ2) is 9.12. The molecule has 0 aliphatic heterocycles. The Balaban J connectivity index is 3.24. The molecule has 0 bridgehead atoms. The van der Waals surface area contributed by atoms with E-state index in [0.29, 0.717) is 0 Å². The molecule has 0 aliphatic rings. The molecule has 0 radical (unpaired) electrons. The molecule has 1 aromatic rings. The number of Topliss-reactive ketones (excluding diaryl/α,β-unsaturated/α-hetero) is 1. The highest BCUT2D eigenvalue weighted by Crippen LogP contribution is 2.25. The predicted molar refractivity (Wildman–Crippen MR) is 84.6 cm³/mol. The molecule has 0 amide bonds. The van der Waals surface area contributed by atoms with Gasteiger partial charge in [0.2, 0.25) is 0 Å². The van der Waals surface area contributed by atoms with Gasteiger partial charge in [-0.2, -0.15) is 0 Å². The second-order valence-electron chi connectivity index (χ2n) is 5.25. The summed E-state index contributed by atoms with van der Waals surface area (Å²) in [5, 5.41) is 2.82. The number of halogens is 1. The van der Waals surface area contributed by atoms with E-state index in [9.17, 15) is 18.8 Å². The molecule has 0 heterocycles. The predicted octanol–water partition coefficient (Wildman–Crippen LogP) is 1.79. The molecule has 24 heavy (non-hydrogen) atoms. The fourth-order valence-electron chi connectivity index (χ4n) is 2.25. The van der Waals surface area contributed by atoms with Gasteiger partial charge in [0.1, 0.15) is 11.7 Å². The Labute approximate surface area is 140 Å². The van der Waals surface area contributed by atoms with Gasteiger partial charge in [-0.05, 0) is 33.0 Å². The van der Waals surface area contributed by atoms with E-state index >= 15 is 0 Å². The molecule has 1 rings (SSSR count). The Bertz CT molecular complexity index is 604. The van der Waals surface area contributed by atoms with Crippen LogP contribution in [-0.2, 0) is 23.9 Å². The van der Waals surface area contributed by atoms with E-state index in [1.807, 2.05) is 0 Å². The fourth-order valence-corrected chi connectivity index (χ4v) is 2.25. The molecule has 7 heteroatoms. The van der Waals surface area contributed by atoms with Crippen molar-refractivity contribution >= 4 is 17.7 Å². The summed E-state index contributed by atoms with van der Waals surface area (Å²) in [4.78, 5) is 36.4. The van der Waals surface area contributed by atoms with E-state index < -0.39 is 41.6 Å². The quantitative estimate of drug-likeness (QED) is 0.574. The first-order chi connectivity index (χ1) is 11.3. The Hall–Kier alpha value is -2.28. The molecule has 0 fully saturated rings. The van der Waals surface area contributed by atoms with Crippen molar-refractivity contribution in [2.45, 2.75) is 32.9 Å². The number of benzene rings is 1. The van der Waals surface area contributed by atoms with Crippen molar-refractivity contribution in [3.8, 4) is 0 Å². The van der Waals surface area contributed by atoms with E-state index in [4.69, 9.17) is 9.47 Å². The normalized spacial score (nSPS) is 14.4. The Morgan fingerprint density at radius 1 is 1.29 bits per heavy atom. The van der Waals surface area contributed by atoms with Crippen molar-refractivity contribution in [2.75, 3.05) is 13.7 Å². The highest BCUT2D eigenvalue weighted by atomic mass is 19.1. The molecular formula is C17H22FNO5. The SMILES string of the molecule is CCOC(=O)C(C(=O)C(OC(C)=O)c1cccc(F)c1)C(C)NC. The highest BCUT2D eigenvalue weighted by molar-refractivity contribution is 6.03. The maximum absolute atomic E-state index is 13.5. The van der Waals surface area contributed by atoms with Crippen molar-refractivity contribution in [1.29, 1.82) is 0 Å². The van der Waals surface area contributed by atoms with Crippen molar-refractivity contribution in [3.05, 3.63) is 35.6 Å². The summed E-state index contributed by atoms with van der Waals surface area (Å²) >= 11 is 0. The molecule has 6 nitrogen and oxygen atoms in total. The molecular weight excluding hydrogens is 317 g/mol. The minimum Gasteiger partial charge on any atom is -0.465 e. The summed E-state index contributed by atoms with van der Waals surface area (Å²) in [7, 11) is 1.59. The molecule has 132 valence electrons. The van der Waals surface area contributed by atoms with Crippen molar-refractivity contribution in [2.24, 2.45) is 5.92 Å². The van der Waals surface area contributed by atoms with E-state index in [1.54, 1.807) is 20.9 Å². The number of ketones is 1. The minimum atomic E-state index is -1.39. The monoisotopic (exact) mass is 339 g/mol. The zero-order chi connectivity index (χ0) is 18.3. The third-order valence-electron chi connectivity index (χ3n) is 3.50. The van der Waals surface area contributed by atoms with Gasteiger partial charge >= 0.3 is 11.9 Å². The number of hydrogen-bond acceptors (Lipinski definition) is 6. The van der Waals surface area contributed by atoms with Gasteiger partial charge in [-0.25, -0.2) is 4.39 Å². The fraction of sp³-hybridized carbons (Fsp3) is 0.471. The number of carbonyl (C=O) groups is 3. The van der Waals surface area contributed by atoms with Crippen molar-refractivity contribution in [3.63, 3.8) is 0 Å². The molecule has 0 spiro atoms. The van der Waals surface area contributed by atoms with Crippen molar-refractivity contribution < 1.29 is 28.2 Å². The maximum Gasteiger partial charge on any atom is 0.318 e. The van der Waals surface area contributed by atoms with Crippen LogP contribution in [0.1, 0.15) is 32.4 Å². The smallest absolute Gasteiger partial charge is 0.318 e. The average Bonchev–Trinajstić information content (AvgIpc) is 2.52. The Morgan fingerprint density at radius 3 is 2.46 bits per heavy atom. The van der Waals surface area contributed by atoms with Crippen LogP contribution in [0.3, 0.4) is 0 Å². The number of carbonyl (C=O) groups excluding carboxylic acids is 3. The topological polar surface area (TPSA) is 81.7 Å². The highest BCUT2D eigenvalue weighted by Gasteiger charge is 2.39. The van der Waals surface area contributed by atoms with Crippen LogP contribution in [0, 0.1) is 11.7 Å². The molecule has 0 aliphatic carbocycles. The number of hydrogen-bond donors (Lipinski definition) is 1. The lowest BCUT2D eigenvalue weighted by atomic mass is 9.90. The average molecular weight is 339 g/mol. The van der Waals surface area contributed by atoms with E-state index in [0.717, 1.165) is 13.0 Å². The van der Waals surface area contributed by atoms with Gasteiger partial charge < -0.3 is 14.8 Å². The lowest BCUT2D eigenvalue weighted by Crippen LogP contribution is -2.44. The van der Waals surface area contributed by atoms with Crippen LogP contribution in [0.4, 0.5) is 4.39 Å². The zero-order valence-electron chi connectivity index (χ0n) is 14.2. The van der Waals surface area contributed by atoms with E-state index in [2.05, 4.69) is 5.32 Å². The van der Waals surface area contributed by atoms with Crippen LogP contribution >= 0.6 is 0 Å². The third-order valence-corrected chi connectivity index (χ3v) is 3.50. The summed E-state index contributed by atoms with van der Waals surface area (Å²) in [5.41, 5.74) is 0.160. The molecule has 3 unspecified atom stereocenters. The van der Waals surface area contributed by atoms with Crippen LogP contribution in [0.2, 0.25) is 0 Å². The molecule has 0 saturated carbocycles. The summed E-state index contributed by atoms with van der Waals surface area (Å²) in [6.07, 6.45) is -1.39.